The van der Waals surface area contributed by atoms with Gasteiger partial charge < -0.3 is 29.9 Å². The third-order valence-electron chi connectivity index (χ3n) is 5.16. The lowest BCUT2D eigenvalue weighted by atomic mass is 9.81. The van der Waals surface area contributed by atoms with Crippen LogP contribution in [0.1, 0.15) is 18.5 Å². The van der Waals surface area contributed by atoms with Crippen LogP contribution in [0.25, 0.3) is 0 Å². The van der Waals surface area contributed by atoms with Gasteiger partial charge in [-0.25, -0.2) is 9.59 Å². The first kappa shape index (κ1) is 17.2. The number of hydrogen-bond acceptors (Lipinski definition) is 4. The fourth-order valence-electron chi connectivity index (χ4n) is 3.78. The zero-order valence-electron chi connectivity index (χ0n) is 15.1. The van der Waals surface area contributed by atoms with Gasteiger partial charge in [0.1, 0.15) is 17.7 Å². The van der Waals surface area contributed by atoms with Crippen LogP contribution in [0.5, 0.6) is 11.5 Å². The van der Waals surface area contributed by atoms with Crippen LogP contribution in [0.2, 0.25) is 0 Å². The SMILES string of the molecule is COc1ccc([C@H]2[C@@H]3[C@@H](NC(=O)N2C)N(C)C(=O)N[C@@H]3C)c(OC)c1. The molecule has 0 radical (unpaired) electrons. The molecule has 0 saturated carbocycles. The molecule has 8 heteroatoms. The van der Waals surface area contributed by atoms with Crippen LogP contribution >= 0.6 is 0 Å². The van der Waals surface area contributed by atoms with E-state index in [2.05, 4.69) is 10.6 Å². The monoisotopic (exact) mass is 348 g/mol. The highest BCUT2D eigenvalue weighted by atomic mass is 16.5. The number of amides is 4. The summed E-state index contributed by atoms with van der Waals surface area (Å²) < 4.78 is 10.8. The molecule has 2 aliphatic rings. The average molecular weight is 348 g/mol. The number of methoxy groups -OCH3 is 2. The van der Waals surface area contributed by atoms with Crippen LogP contribution in [0, 0.1) is 5.92 Å². The van der Waals surface area contributed by atoms with Crippen LogP contribution in [-0.4, -0.2) is 62.4 Å². The summed E-state index contributed by atoms with van der Waals surface area (Å²) in [4.78, 5) is 27.8. The first-order valence-corrected chi connectivity index (χ1v) is 8.17. The lowest BCUT2D eigenvalue weighted by Gasteiger charge is -2.52. The van der Waals surface area contributed by atoms with Gasteiger partial charge in [0, 0.05) is 37.7 Å². The quantitative estimate of drug-likeness (QED) is 0.865. The number of ether oxygens (including phenoxy) is 2. The van der Waals surface area contributed by atoms with Crippen LogP contribution in [-0.2, 0) is 0 Å². The van der Waals surface area contributed by atoms with Gasteiger partial charge in [-0.2, -0.15) is 0 Å². The summed E-state index contributed by atoms with van der Waals surface area (Å²) in [6, 6.07) is 4.78. The molecule has 0 aliphatic carbocycles. The molecule has 2 fully saturated rings. The van der Waals surface area contributed by atoms with Crippen molar-refractivity contribution in [2.24, 2.45) is 5.92 Å². The van der Waals surface area contributed by atoms with Crippen LogP contribution in [0.15, 0.2) is 18.2 Å². The fraction of sp³-hybridized carbons (Fsp3) is 0.529. The van der Waals surface area contributed by atoms with E-state index in [1.807, 2.05) is 19.1 Å². The maximum Gasteiger partial charge on any atom is 0.319 e. The maximum absolute atomic E-state index is 12.5. The molecule has 2 aliphatic heterocycles. The summed E-state index contributed by atoms with van der Waals surface area (Å²) in [6.45, 7) is 1.96. The number of nitrogens with one attached hydrogen (secondary N) is 2. The fourth-order valence-corrected chi connectivity index (χ4v) is 3.78. The number of nitrogens with zero attached hydrogens (tertiary/aromatic N) is 2. The van der Waals surface area contributed by atoms with E-state index in [1.165, 1.54) is 0 Å². The zero-order chi connectivity index (χ0) is 18.3. The van der Waals surface area contributed by atoms with Gasteiger partial charge >= 0.3 is 12.1 Å². The minimum atomic E-state index is -0.385. The van der Waals surface area contributed by atoms with Crippen molar-refractivity contribution in [1.29, 1.82) is 0 Å². The second kappa shape index (κ2) is 6.34. The molecule has 4 atom stereocenters. The lowest BCUT2D eigenvalue weighted by Crippen LogP contribution is -2.71. The molecule has 1 aromatic rings. The van der Waals surface area contributed by atoms with Crippen LogP contribution in [0.3, 0.4) is 0 Å². The van der Waals surface area contributed by atoms with E-state index in [1.54, 1.807) is 44.2 Å². The Hall–Kier alpha value is -2.64. The predicted molar refractivity (Wildman–Crippen MR) is 91.6 cm³/mol. The predicted octanol–water partition coefficient (Wildman–Crippen LogP) is 1.39. The van der Waals surface area contributed by atoms with E-state index in [4.69, 9.17) is 9.47 Å². The normalized spacial score (nSPS) is 28.8. The van der Waals surface area contributed by atoms with E-state index < -0.39 is 0 Å². The molecule has 4 amide bonds. The second-order valence-corrected chi connectivity index (χ2v) is 6.48. The summed E-state index contributed by atoms with van der Waals surface area (Å²) in [7, 11) is 6.63. The molecule has 2 N–H and O–H groups in total. The van der Waals surface area contributed by atoms with Gasteiger partial charge in [0.25, 0.3) is 0 Å². The van der Waals surface area contributed by atoms with E-state index in [0.717, 1.165) is 5.56 Å². The molecule has 1 aromatic carbocycles. The molecule has 2 heterocycles. The summed E-state index contributed by atoms with van der Waals surface area (Å²) in [5.41, 5.74) is 0.882. The van der Waals surface area contributed by atoms with Gasteiger partial charge in [-0.3, -0.25) is 0 Å². The Morgan fingerprint density at radius 1 is 1.00 bits per heavy atom. The molecule has 0 bridgehead atoms. The summed E-state index contributed by atoms with van der Waals surface area (Å²) in [5.74, 6) is 1.28. The van der Waals surface area contributed by atoms with Crippen molar-refractivity contribution in [1.82, 2.24) is 20.4 Å². The lowest BCUT2D eigenvalue weighted by molar-refractivity contribution is 0.0241. The Balaban J connectivity index is 2.09. The summed E-state index contributed by atoms with van der Waals surface area (Å²) in [6.07, 6.45) is -0.385. The van der Waals surface area contributed by atoms with Gasteiger partial charge in [-0.05, 0) is 19.1 Å². The molecule has 25 heavy (non-hydrogen) atoms. The molecule has 0 unspecified atom stereocenters. The van der Waals surface area contributed by atoms with Gasteiger partial charge in [-0.1, -0.05) is 0 Å². The van der Waals surface area contributed by atoms with Gasteiger partial charge in [0.15, 0.2) is 0 Å². The molecule has 0 aromatic heterocycles. The Morgan fingerprint density at radius 3 is 2.32 bits per heavy atom. The number of urea groups is 2. The molecule has 3 rings (SSSR count). The average Bonchev–Trinajstić information content (AvgIpc) is 2.61. The van der Waals surface area contributed by atoms with Crippen molar-refractivity contribution in [3.63, 3.8) is 0 Å². The number of fused-ring (bicyclic) bond motifs is 1. The number of rotatable bonds is 3. The van der Waals surface area contributed by atoms with Gasteiger partial charge in [0.2, 0.25) is 0 Å². The minimum absolute atomic E-state index is 0.0484. The number of carbonyl (C=O) groups is 2. The standard InChI is InChI=1S/C17H24N4O4/c1-9-13-14(11-7-6-10(24-4)8-12(11)25-5)20(2)17(23)19-15(13)21(3)16(22)18-9/h6-9,13-15H,1-5H3,(H,18,22)(H,19,23)/t9-,13-,14+,15+/m1/s1. The maximum atomic E-state index is 12.5. The van der Waals surface area contributed by atoms with Gasteiger partial charge in [-0.15, -0.1) is 0 Å². The van der Waals surface area contributed by atoms with Crippen molar-refractivity contribution in [2.45, 2.75) is 25.2 Å². The van der Waals surface area contributed by atoms with Crippen LogP contribution in [0.4, 0.5) is 9.59 Å². The number of benzene rings is 1. The smallest absolute Gasteiger partial charge is 0.319 e. The van der Waals surface area contributed by atoms with Crippen molar-refractivity contribution in [3.8, 4) is 11.5 Å². The van der Waals surface area contributed by atoms with Crippen molar-refractivity contribution in [2.75, 3.05) is 28.3 Å². The van der Waals surface area contributed by atoms with E-state index in [0.29, 0.717) is 11.5 Å². The molecular weight excluding hydrogens is 324 g/mol. The summed E-state index contributed by atoms with van der Waals surface area (Å²) >= 11 is 0. The Kier molecular flexibility index (Phi) is 4.36. The Bertz CT molecular complexity index is 695. The van der Waals surface area contributed by atoms with Gasteiger partial charge in [0.05, 0.1) is 20.3 Å². The van der Waals surface area contributed by atoms with Crippen molar-refractivity contribution < 1.29 is 19.1 Å². The van der Waals surface area contributed by atoms with Crippen molar-refractivity contribution in [3.05, 3.63) is 23.8 Å². The minimum Gasteiger partial charge on any atom is -0.497 e. The summed E-state index contributed by atoms with van der Waals surface area (Å²) in [5, 5.41) is 5.89. The highest BCUT2D eigenvalue weighted by molar-refractivity contribution is 5.80. The number of carbonyl (C=O) groups excluding carboxylic acids is 2. The second-order valence-electron chi connectivity index (χ2n) is 6.48. The third kappa shape index (κ3) is 2.71. The highest BCUT2D eigenvalue weighted by Gasteiger charge is 2.50. The molecule has 136 valence electrons. The zero-order valence-corrected chi connectivity index (χ0v) is 15.1. The molecule has 0 spiro atoms. The molecule has 2 saturated heterocycles. The first-order chi connectivity index (χ1) is 11.9. The largest absolute Gasteiger partial charge is 0.497 e. The first-order valence-electron chi connectivity index (χ1n) is 8.17. The highest BCUT2D eigenvalue weighted by Crippen LogP contribution is 2.42. The van der Waals surface area contributed by atoms with E-state index >= 15 is 0 Å². The molecular formula is C17H24N4O4. The number of hydrogen-bond donors (Lipinski definition) is 2. The molecule has 8 nitrogen and oxygen atoms in total. The van der Waals surface area contributed by atoms with Crippen molar-refractivity contribution >= 4 is 12.1 Å². The van der Waals surface area contributed by atoms with Crippen LogP contribution < -0.4 is 20.1 Å². The third-order valence-corrected chi connectivity index (χ3v) is 5.16. The van der Waals surface area contributed by atoms with E-state index in [-0.39, 0.29) is 36.2 Å². The Morgan fingerprint density at radius 2 is 1.68 bits per heavy atom. The Labute approximate surface area is 147 Å². The topological polar surface area (TPSA) is 83.1 Å². The van der Waals surface area contributed by atoms with E-state index in [9.17, 15) is 9.59 Å².